The number of aryl methyl sites for hydroxylation is 1. The average Bonchev–Trinajstić information content (AvgIpc) is 2.15. The fourth-order valence-electron chi connectivity index (χ4n) is 1.24. The predicted octanol–water partition coefficient (Wildman–Crippen LogP) is 0.376. The monoisotopic (exact) mass is 195 g/mol. The summed E-state index contributed by atoms with van der Waals surface area (Å²) in [4.78, 5) is 10.8. The molecule has 0 heterocycles. The van der Waals surface area contributed by atoms with Crippen LogP contribution in [-0.2, 0) is 0 Å². The highest BCUT2D eigenvalue weighted by Crippen LogP contribution is 2.29. The molecule has 0 saturated heterocycles. The number of ether oxygens (including phenoxy) is 2. The zero-order valence-electron chi connectivity index (χ0n) is 8.29. The van der Waals surface area contributed by atoms with Crippen LogP contribution in [0.5, 0.6) is 11.5 Å². The van der Waals surface area contributed by atoms with Crippen molar-refractivity contribution in [1.82, 2.24) is 0 Å². The van der Waals surface area contributed by atoms with Crippen LogP contribution in [0.25, 0.3) is 0 Å². The van der Waals surface area contributed by atoms with Crippen molar-refractivity contribution in [2.45, 2.75) is 6.92 Å². The Labute approximate surface area is 82.1 Å². The largest absolute Gasteiger partial charge is 0.545 e. The van der Waals surface area contributed by atoms with Crippen LogP contribution in [0.1, 0.15) is 15.9 Å². The minimum Gasteiger partial charge on any atom is -0.545 e. The molecule has 0 radical (unpaired) electrons. The normalized spacial score (nSPS) is 9.64. The molecule has 1 aromatic carbocycles. The van der Waals surface area contributed by atoms with Crippen molar-refractivity contribution in [3.63, 3.8) is 0 Å². The molecule has 0 aliphatic rings. The van der Waals surface area contributed by atoms with E-state index < -0.39 is 5.97 Å². The van der Waals surface area contributed by atoms with E-state index >= 15 is 0 Å². The fraction of sp³-hybridized carbons (Fsp3) is 0.300. The Hall–Kier alpha value is -1.71. The molecule has 0 N–H and O–H groups in total. The van der Waals surface area contributed by atoms with Crippen molar-refractivity contribution in [1.29, 1.82) is 0 Å². The number of aromatic carboxylic acids is 1. The minimum atomic E-state index is -1.31. The molecule has 0 aliphatic carbocycles. The third kappa shape index (κ3) is 1.79. The smallest absolute Gasteiger partial charge is 0.131 e. The minimum absolute atomic E-state index is 0.0550. The summed E-state index contributed by atoms with van der Waals surface area (Å²) >= 11 is 0. The van der Waals surface area contributed by atoms with Gasteiger partial charge in [-0.05, 0) is 24.6 Å². The Balaban J connectivity index is 3.40. The molecule has 0 aromatic heterocycles. The summed E-state index contributed by atoms with van der Waals surface area (Å²) in [6.45, 7) is 1.82. The summed E-state index contributed by atoms with van der Waals surface area (Å²) in [6, 6.07) is 3.24. The van der Waals surface area contributed by atoms with Gasteiger partial charge in [0.2, 0.25) is 0 Å². The van der Waals surface area contributed by atoms with E-state index in [9.17, 15) is 9.90 Å². The first-order valence-corrected chi connectivity index (χ1v) is 4.04. The van der Waals surface area contributed by atoms with E-state index in [0.29, 0.717) is 0 Å². The lowest BCUT2D eigenvalue weighted by atomic mass is 10.1. The standard InChI is InChI=1S/C10H12O4/c1-6-4-7(13-2)9(10(11)12)8(5-6)14-3/h4-5H,1-3H3,(H,11,12)/p-1. The molecule has 1 rings (SSSR count). The molecule has 0 atom stereocenters. The second kappa shape index (κ2) is 4.00. The highest BCUT2D eigenvalue weighted by Gasteiger charge is 2.11. The van der Waals surface area contributed by atoms with Gasteiger partial charge in [0.1, 0.15) is 11.5 Å². The number of carboxylic acid groups (broad SMARTS) is 1. The zero-order chi connectivity index (χ0) is 10.7. The first-order valence-electron chi connectivity index (χ1n) is 4.04. The summed E-state index contributed by atoms with van der Waals surface area (Å²) in [6.07, 6.45) is 0. The summed E-state index contributed by atoms with van der Waals surface area (Å²) in [5.74, 6) is -0.803. The van der Waals surface area contributed by atoms with Gasteiger partial charge in [-0.1, -0.05) is 0 Å². The van der Waals surface area contributed by atoms with Crippen LogP contribution in [0.4, 0.5) is 0 Å². The van der Waals surface area contributed by atoms with Gasteiger partial charge in [0.05, 0.1) is 25.8 Å². The van der Waals surface area contributed by atoms with Crippen LogP contribution >= 0.6 is 0 Å². The number of benzene rings is 1. The van der Waals surface area contributed by atoms with Gasteiger partial charge in [-0.15, -0.1) is 0 Å². The number of rotatable bonds is 3. The quantitative estimate of drug-likeness (QED) is 0.699. The molecule has 14 heavy (non-hydrogen) atoms. The zero-order valence-corrected chi connectivity index (χ0v) is 8.29. The number of methoxy groups -OCH3 is 2. The lowest BCUT2D eigenvalue weighted by Crippen LogP contribution is -2.23. The SMILES string of the molecule is COc1cc(C)cc(OC)c1C(=O)[O-]. The van der Waals surface area contributed by atoms with Gasteiger partial charge in [-0.2, -0.15) is 0 Å². The van der Waals surface area contributed by atoms with Crippen LogP contribution in [-0.4, -0.2) is 20.2 Å². The molecular weight excluding hydrogens is 184 g/mol. The number of hydrogen-bond acceptors (Lipinski definition) is 4. The summed E-state index contributed by atoms with van der Waals surface area (Å²) < 4.78 is 9.86. The summed E-state index contributed by atoms with van der Waals surface area (Å²) in [5.41, 5.74) is 0.810. The van der Waals surface area contributed by atoms with Crippen LogP contribution in [0.15, 0.2) is 12.1 Å². The Kier molecular flexibility index (Phi) is 2.96. The lowest BCUT2D eigenvalue weighted by Gasteiger charge is -2.14. The van der Waals surface area contributed by atoms with Crippen molar-refractivity contribution in [3.8, 4) is 11.5 Å². The maximum atomic E-state index is 10.8. The van der Waals surface area contributed by atoms with Crippen LogP contribution in [0.3, 0.4) is 0 Å². The van der Waals surface area contributed by atoms with Crippen molar-refractivity contribution < 1.29 is 19.4 Å². The predicted molar refractivity (Wildman–Crippen MR) is 48.6 cm³/mol. The number of carbonyl (C=O) groups is 1. The van der Waals surface area contributed by atoms with Gasteiger partial charge in [0.15, 0.2) is 0 Å². The maximum Gasteiger partial charge on any atom is 0.131 e. The van der Waals surface area contributed by atoms with Crippen LogP contribution < -0.4 is 14.6 Å². The topological polar surface area (TPSA) is 58.6 Å². The van der Waals surface area contributed by atoms with Gasteiger partial charge in [0.25, 0.3) is 0 Å². The maximum absolute atomic E-state index is 10.8. The fourth-order valence-corrected chi connectivity index (χ4v) is 1.24. The van der Waals surface area contributed by atoms with Crippen molar-refractivity contribution >= 4 is 5.97 Å². The number of carbonyl (C=O) groups excluding carboxylic acids is 1. The second-order valence-corrected chi connectivity index (χ2v) is 2.83. The van der Waals surface area contributed by atoms with Crippen LogP contribution in [0.2, 0.25) is 0 Å². The second-order valence-electron chi connectivity index (χ2n) is 2.83. The Morgan fingerprint density at radius 1 is 1.21 bits per heavy atom. The number of hydrogen-bond donors (Lipinski definition) is 0. The molecule has 4 nitrogen and oxygen atoms in total. The molecule has 0 fully saturated rings. The van der Waals surface area contributed by atoms with Gasteiger partial charge >= 0.3 is 0 Å². The van der Waals surface area contributed by atoms with Crippen molar-refractivity contribution in [2.75, 3.05) is 14.2 Å². The van der Waals surface area contributed by atoms with E-state index in [1.165, 1.54) is 14.2 Å². The first kappa shape index (κ1) is 10.4. The van der Waals surface area contributed by atoms with E-state index in [2.05, 4.69) is 0 Å². The van der Waals surface area contributed by atoms with Gasteiger partial charge in [-0.25, -0.2) is 0 Å². The van der Waals surface area contributed by atoms with Crippen LogP contribution in [0, 0.1) is 6.92 Å². The van der Waals surface area contributed by atoms with Crippen molar-refractivity contribution in [3.05, 3.63) is 23.3 Å². The molecule has 0 spiro atoms. The van der Waals surface area contributed by atoms with E-state index in [4.69, 9.17) is 9.47 Å². The molecule has 0 unspecified atom stereocenters. The molecule has 1 aromatic rings. The summed E-state index contributed by atoms with van der Waals surface area (Å²) in [5, 5.41) is 10.8. The van der Waals surface area contributed by atoms with E-state index in [1.54, 1.807) is 12.1 Å². The Bertz CT molecular complexity index is 332. The van der Waals surface area contributed by atoms with E-state index in [0.717, 1.165) is 5.56 Å². The van der Waals surface area contributed by atoms with Crippen molar-refractivity contribution in [2.24, 2.45) is 0 Å². The molecule has 0 bridgehead atoms. The third-order valence-electron chi connectivity index (χ3n) is 1.85. The highest BCUT2D eigenvalue weighted by molar-refractivity contribution is 5.92. The van der Waals surface area contributed by atoms with Gasteiger partial charge in [0, 0.05) is 0 Å². The summed E-state index contributed by atoms with van der Waals surface area (Å²) in [7, 11) is 2.81. The third-order valence-corrected chi connectivity index (χ3v) is 1.85. The highest BCUT2D eigenvalue weighted by atomic mass is 16.5. The Morgan fingerprint density at radius 3 is 1.93 bits per heavy atom. The molecule has 0 saturated carbocycles. The molecule has 76 valence electrons. The Morgan fingerprint density at radius 2 is 1.64 bits per heavy atom. The lowest BCUT2D eigenvalue weighted by molar-refractivity contribution is -0.255. The number of carboxylic acids is 1. The molecule has 0 aliphatic heterocycles. The van der Waals surface area contributed by atoms with E-state index in [-0.39, 0.29) is 17.1 Å². The van der Waals surface area contributed by atoms with Gasteiger partial charge in [-0.3, -0.25) is 0 Å². The van der Waals surface area contributed by atoms with E-state index in [1.807, 2.05) is 6.92 Å². The molecule has 4 heteroatoms. The molecule has 0 amide bonds. The molecular formula is C10H11O4-. The van der Waals surface area contributed by atoms with Gasteiger partial charge < -0.3 is 19.4 Å². The average molecular weight is 195 g/mol. The first-order chi connectivity index (χ1) is 6.60.